The van der Waals surface area contributed by atoms with Crippen LogP contribution >= 0.6 is 23.1 Å². The van der Waals surface area contributed by atoms with Gasteiger partial charge in [0.15, 0.2) is 4.34 Å². The molecular weight excluding hydrogens is 404 g/mol. The molecule has 1 amide bonds. The molecule has 0 aliphatic carbocycles. The summed E-state index contributed by atoms with van der Waals surface area (Å²) in [6, 6.07) is 13.7. The highest BCUT2D eigenvalue weighted by molar-refractivity contribution is 8.01. The number of hydrogen-bond acceptors (Lipinski definition) is 7. The minimum Gasteiger partial charge on any atom is -0.495 e. The quantitative estimate of drug-likeness (QED) is 0.465. The van der Waals surface area contributed by atoms with E-state index in [1.165, 1.54) is 23.1 Å². The summed E-state index contributed by atoms with van der Waals surface area (Å²) in [7, 11) is 1.62. The van der Waals surface area contributed by atoms with Crippen LogP contribution in [0.15, 0.2) is 46.8 Å². The molecule has 0 bridgehead atoms. The molecule has 152 valence electrons. The zero-order chi connectivity index (χ0) is 20.8. The van der Waals surface area contributed by atoms with E-state index in [4.69, 9.17) is 4.74 Å². The van der Waals surface area contributed by atoms with Crippen LogP contribution in [0.3, 0.4) is 0 Å². The fraction of sp³-hybridized carbons (Fsp3) is 0.286. The fourth-order valence-corrected chi connectivity index (χ4v) is 4.39. The largest absolute Gasteiger partial charge is 0.495 e. The van der Waals surface area contributed by atoms with Crippen LogP contribution in [0.1, 0.15) is 30.9 Å². The van der Waals surface area contributed by atoms with Gasteiger partial charge in [-0.2, -0.15) is 0 Å². The van der Waals surface area contributed by atoms with Gasteiger partial charge >= 0.3 is 0 Å². The molecule has 3 rings (SSSR count). The van der Waals surface area contributed by atoms with Gasteiger partial charge in [-0.15, -0.1) is 10.2 Å². The summed E-state index contributed by atoms with van der Waals surface area (Å²) in [5.41, 5.74) is 3.93. The van der Waals surface area contributed by atoms with Crippen LogP contribution in [-0.4, -0.2) is 29.0 Å². The predicted octanol–water partition coefficient (Wildman–Crippen LogP) is 5.45. The second kappa shape index (κ2) is 9.76. The Bertz CT molecular complexity index is 988. The Morgan fingerprint density at radius 2 is 1.97 bits per heavy atom. The Hall–Kier alpha value is -2.58. The number of para-hydroxylation sites is 3. The Labute approximate surface area is 179 Å². The van der Waals surface area contributed by atoms with Gasteiger partial charge in [-0.25, -0.2) is 0 Å². The third-order valence-electron chi connectivity index (χ3n) is 4.27. The summed E-state index contributed by atoms with van der Waals surface area (Å²) in [6.07, 6.45) is 0. The lowest BCUT2D eigenvalue weighted by Gasteiger charge is -2.16. The Kier molecular flexibility index (Phi) is 7.11. The Balaban J connectivity index is 1.60. The number of carbonyl (C=O) groups is 1. The van der Waals surface area contributed by atoms with E-state index in [2.05, 4.69) is 40.7 Å². The molecule has 6 nitrogen and oxygen atoms in total. The Morgan fingerprint density at radius 1 is 1.17 bits per heavy atom. The van der Waals surface area contributed by atoms with Gasteiger partial charge in [-0.3, -0.25) is 4.79 Å². The number of anilines is 3. The van der Waals surface area contributed by atoms with Gasteiger partial charge in [0.25, 0.3) is 0 Å². The van der Waals surface area contributed by atoms with Crippen molar-refractivity contribution in [2.45, 2.75) is 31.0 Å². The molecule has 1 heterocycles. The van der Waals surface area contributed by atoms with Crippen molar-refractivity contribution in [1.82, 2.24) is 10.2 Å². The molecule has 0 atom stereocenters. The van der Waals surface area contributed by atoms with Crippen LogP contribution in [0.25, 0.3) is 0 Å². The average molecular weight is 429 g/mol. The first-order chi connectivity index (χ1) is 14.0. The summed E-state index contributed by atoms with van der Waals surface area (Å²) in [6.45, 7) is 6.25. The van der Waals surface area contributed by atoms with Gasteiger partial charge in [0, 0.05) is 5.69 Å². The van der Waals surface area contributed by atoms with Gasteiger partial charge in [0.1, 0.15) is 5.75 Å². The van der Waals surface area contributed by atoms with Crippen molar-refractivity contribution in [3.63, 3.8) is 0 Å². The zero-order valence-corrected chi connectivity index (χ0v) is 18.5. The van der Waals surface area contributed by atoms with Crippen LogP contribution in [-0.2, 0) is 4.79 Å². The monoisotopic (exact) mass is 428 g/mol. The SMILES string of the molecule is COc1ccccc1Nc1nnc(SCC(=O)Nc2c(C)cccc2C(C)C)s1. The van der Waals surface area contributed by atoms with Crippen molar-refractivity contribution in [2.24, 2.45) is 0 Å². The van der Waals surface area contributed by atoms with E-state index < -0.39 is 0 Å². The van der Waals surface area contributed by atoms with Gasteiger partial charge in [0.05, 0.1) is 18.6 Å². The van der Waals surface area contributed by atoms with Crippen molar-refractivity contribution >= 4 is 45.5 Å². The van der Waals surface area contributed by atoms with E-state index in [0.29, 0.717) is 11.0 Å². The molecule has 0 radical (unpaired) electrons. The molecule has 0 saturated heterocycles. The summed E-state index contributed by atoms with van der Waals surface area (Å²) in [5, 5.41) is 15.2. The first-order valence-electron chi connectivity index (χ1n) is 9.23. The highest BCUT2D eigenvalue weighted by Gasteiger charge is 2.14. The first kappa shape index (κ1) is 21.1. The highest BCUT2D eigenvalue weighted by Crippen LogP contribution is 2.32. The standard InChI is InChI=1S/C21H24N4O2S2/c1-13(2)15-9-7-8-14(3)19(15)23-18(26)12-28-21-25-24-20(29-21)22-16-10-5-6-11-17(16)27-4/h5-11,13H,12H2,1-4H3,(H,22,24)(H,23,26). The number of rotatable bonds is 8. The minimum absolute atomic E-state index is 0.0550. The molecule has 2 N–H and O–H groups in total. The molecule has 0 saturated carbocycles. The molecule has 0 spiro atoms. The molecule has 2 aromatic carbocycles. The number of amides is 1. The second-order valence-electron chi connectivity index (χ2n) is 6.73. The number of methoxy groups -OCH3 is 1. The summed E-state index contributed by atoms with van der Waals surface area (Å²) in [5.74, 6) is 1.29. The Morgan fingerprint density at radius 3 is 2.72 bits per heavy atom. The lowest BCUT2D eigenvalue weighted by Crippen LogP contribution is -2.16. The summed E-state index contributed by atoms with van der Waals surface area (Å²) >= 11 is 2.77. The number of nitrogens with zero attached hydrogens (tertiary/aromatic N) is 2. The van der Waals surface area contributed by atoms with E-state index in [1.807, 2.05) is 43.3 Å². The van der Waals surface area contributed by atoms with Crippen molar-refractivity contribution in [3.8, 4) is 5.75 Å². The van der Waals surface area contributed by atoms with Gasteiger partial charge in [0.2, 0.25) is 11.0 Å². The van der Waals surface area contributed by atoms with Crippen molar-refractivity contribution in [3.05, 3.63) is 53.6 Å². The van der Waals surface area contributed by atoms with Crippen molar-refractivity contribution in [2.75, 3.05) is 23.5 Å². The normalized spacial score (nSPS) is 10.8. The number of ether oxygens (including phenoxy) is 1. The third-order valence-corrected chi connectivity index (χ3v) is 6.25. The van der Waals surface area contributed by atoms with Crippen LogP contribution in [0.5, 0.6) is 5.75 Å². The maximum atomic E-state index is 12.5. The molecule has 0 fully saturated rings. The molecule has 0 aliphatic heterocycles. The molecule has 0 unspecified atom stereocenters. The number of aryl methyl sites for hydroxylation is 1. The van der Waals surface area contributed by atoms with E-state index in [-0.39, 0.29) is 11.7 Å². The van der Waals surface area contributed by atoms with Crippen molar-refractivity contribution in [1.29, 1.82) is 0 Å². The van der Waals surface area contributed by atoms with E-state index >= 15 is 0 Å². The average Bonchev–Trinajstić information content (AvgIpc) is 3.15. The number of hydrogen-bond donors (Lipinski definition) is 2. The summed E-state index contributed by atoms with van der Waals surface area (Å²) < 4.78 is 6.06. The van der Waals surface area contributed by atoms with Gasteiger partial charge in [-0.05, 0) is 36.1 Å². The van der Waals surface area contributed by atoms with E-state index in [9.17, 15) is 4.79 Å². The predicted molar refractivity (Wildman–Crippen MR) is 121 cm³/mol. The van der Waals surface area contributed by atoms with Crippen LogP contribution < -0.4 is 15.4 Å². The lowest BCUT2D eigenvalue weighted by molar-refractivity contribution is -0.113. The molecule has 1 aromatic heterocycles. The molecule has 29 heavy (non-hydrogen) atoms. The second-order valence-corrected chi connectivity index (χ2v) is 8.93. The third kappa shape index (κ3) is 5.48. The molecular formula is C21H24N4O2S2. The minimum atomic E-state index is -0.0550. The van der Waals surface area contributed by atoms with Crippen LogP contribution in [0.4, 0.5) is 16.5 Å². The topological polar surface area (TPSA) is 76.1 Å². The maximum Gasteiger partial charge on any atom is 0.234 e. The number of benzene rings is 2. The number of carbonyl (C=O) groups excluding carboxylic acids is 1. The molecule has 3 aromatic rings. The molecule has 0 aliphatic rings. The maximum absolute atomic E-state index is 12.5. The van der Waals surface area contributed by atoms with Crippen molar-refractivity contribution < 1.29 is 9.53 Å². The zero-order valence-electron chi connectivity index (χ0n) is 16.9. The smallest absolute Gasteiger partial charge is 0.234 e. The van der Waals surface area contributed by atoms with Crippen LogP contribution in [0, 0.1) is 6.92 Å². The van der Waals surface area contributed by atoms with E-state index in [0.717, 1.165) is 32.6 Å². The highest BCUT2D eigenvalue weighted by atomic mass is 32.2. The lowest BCUT2D eigenvalue weighted by atomic mass is 9.98. The van der Waals surface area contributed by atoms with E-state index in [1.54, 1.807) is 7.11 Å². The summed E-state index contributed by atoms with van der Waals surface area (Å²) in [4.78, 5) is 12.5. The number of thioether (sulfide) groups is 1. The number of aromatic nitrogens is 2. The first-order valence-corrected chi connectivity index (χ1v) is 11.0. The van der Waals surface area contributed by atoms with Crippen LogP contribution in [0.2, 0.25) is 0 Å². The van der Waals surface area contributed by atoms with Gasteiger partial charge < -0.3 is 15.4 Å². The molecule has 8 heteroatoms. The fourth-order valence-electron chi connectivity index (χ4n) is 2.83. The number of nitrogens with one attached hydrogen (secondary N) is 2. The van der Waals surface area contributed by atoms with Gasteiger partial charge in [-0.1, -0.05) is 67.3 Å².